The molecule has 138 valence electrons. The van der Waals surface area contributed by atoms with E-state index < -0.39 is 11.7 Å². The zero-order chi connectivity index (χ0) is 18.3. The highest BCUT2D eigenvalue weighted by Crippen LogP contribution is 2.40. The molecule has 5 nitrogen and oxygen atoms in total. The Bertz CT molecular complexity index is 776. The standard InChI is InChI=1S/C18H19F3N4O/c19-18(20,21)13-3-1-2-12(8-13)9-17(26)24-14-4-5-15(24)11-16(10-14)25-22-6-7-23-25/h1-3,6-8,14-16H,4-5,9-11H2. The Labute approximate surface area is 148 Å². The molecule has 2 saturated heterocycles. The first-order chi connectivity index (χ1) is 12.4. The van der Waals surface area contributed by atoms with Crippen molar-refractivity contribution < 1.29 is 18.0 Å². The largest absolute Gasteiger partial charge is 0.416 e. The van der Waals surface area contributed by atoms with Crippen LogP contribution in [-0.4, -0.2) is 37.9 Å². The van der Waals surface area contributed by atoms with Gasteiger partial charge in [0.15, 0.2) is 0 Å². The molecular formula is C18H19F3N4O. The number of benzene rings is 1. The monoisotopic (exact) mass is 364 g/mol. The van der Waals surface area contributed by atoms with E-state index in [1.54, 1.807) is 23.3 Å². The number of hydrogen-bond donors (Lipinski definition) is 0. The topological polar surface area (TPSA) is 51.0 Å². The Morgan fingerprint density at radius 2 is 1.73 bits per heavy atom. The molecule has 2 bridgehead atoms. The minimum Gasteiger partial charge on any atom is -0.336 e. The lowest BCUT2D eigenvalue weighted by molar-refractivity contribution is -0.138. The van der Waals surface area contributed by atoms with Crippen LogP contribution < -0.4 is 0 Å². The molecule has 2 aromatic rings. The summed E-state index contributed by atoms with van der Waals surface area (Å²) in [6.45, 7) is 0. The van der Waals surface area contributed by atoms with Crippen molar-refractivity contribution in [2.75, 3.05) is 0 Å². The van der Waals surface area contributed by atoms with Gasteiger partial charge in [-0.2, -0.15) is 28.2 Å². The first-order valence-corrected chi connectivity index (χ1v) is 8.75. The zero-order valence-corrected chi connectivity index (χ0v) is 14.1. The smallest absolute Gasteiger partial charge is 0.336 e. The highest BCUT2D eigenvalue weighted by Gasteiger charge is 2.44. The van der Waals surface area contributed by atoms with E-state index in [0.29, 0.717) is 5.56 Å². The number of halogens is 3. The van der Waals surface area contributed by atoms with Crippen molar-refractivity contribution in [1.29, 1.82) is 0 Å². The maximum absolute atomic E-state index is 12.9. The molecule has 8 heteroatoms. The number of aromatic nitrogens is 3. The van der Waals surface area contributed by atoms with Crippen molar-refractivity contribution in [3.05, 3.63) is 47.8 Å². The molecule has 1 aromatic carbocycles. The fourth-order valence-corrected chi connectivity index (χ4v) is 4.28. The summed E-state index contributed by atoms with van der Waals surface area (Å²) < 4.78 is 38.6. The number of fused-ring (bicyclic) bond motifs is 2. The third-order valence-electron chi connectivity index (χ3n) is 5.37. The van der Waals surface area contributed by atoms with E-state index in [-0.39, 0.29) is 30.5 Å². The van der Waals surface area contributed by atoms with E-state index >= 15 is 0 Å². The SMILES string of the molecule is O=C(Cc1cccc(C(F)(F)F)c1)N1C2CCC1CC(n1nccn1)C2. The molecule has 2 unspecified atom stereocenters. The Hall–Kier alpha value is -2.38. The molecule has 3 heterocycles. The summed E-state index contributed by atoms with van der Waals surface area (Å²) in [5.41, 5.74) is -0.311. The Morgan fingerprint density at radius 1 is 1.08 bits per heavy atom. The quantitative estimate of drug-likeness (QED) is 0.840. The normalized spacial score (nSPS) is 25.5. The van der Waals surface area contributed by atoms with Crippen molar-refractivity contribution in [2.45, 2.75) is 56.4 Å². The summed E-state index contributed by atoms with van der Waals surface area (Å²) in [4.78, 5) is 16.4. The maximum atomic E-state index is 12.9. The average molecular weight is 364 g/mol. The van der Waals surface area contributed by atoms with E-state index in [0.717, 1.165) is 37.8 Å². The molecule has 1 amide bonds. The van der Waals surface area contributed by atoms with Gasteiger partial charge >= 0.3 is 6.18 Å². The van der Waals surface area contributed by atoms with Crippen LogP contribution in [0.25, 0.3) is 0 Å². The highest BCUT2D eigenvalue weighted by molar-refractivity contribution is 5.80. The van der Waals surface area contributed by atoms with Gasteiger partial charge in [-0.3, -0.25) is 4.79 Å². The Balaban J connectivity index is 1.46. The third-order valence-corrected chi connectivity index (χ3v) is 5.37. The molecule has 0 spiro atoms. The van der Waals surface area contributed by atoms with Crippen molar-refractivity contribution in [2.24, 2.45) is 0 Å². The summed E-state index contributed by atoms with van der Waals surface area (Å²) in [7, 11) is 0. The van der Waals surface area contributed by atoms with Crippen molar-refractivity contribution in [1.82, 2.24) is 19.9 Å². The van der Waals surface area contributed by atoms with E-state index in [2.05, 4.69) is 10.2 Å². The first-order valence-electron chi connectivity index (χ1n) is 8.75. The predicted molar refractivity (Wildman–Crippen MR) is 87.1 cm³/mol. The molecule has 26 heavy (non-hydrogen) atoms. The van der Waals surface area contributed by atoms with Crippen LogP contribution in [0.15, 0.2) is 36.7 Å². The molecule has 4 rings (SSSR count). The second-order valence-electron chi connectivity index (χ2n) is 7.04. The second-order valence-corrected chi connectivity index (χ2v) is 7.04. The number of hydrogen-bond acceptors (Lipinski definition) is 3. The van der Waals surface area contributed by atoms with Crippen molar-refractivity contribution >= 4 is 5.91 Å². The maximum Gasteiger partial charge on any atom is 0.416 e. The van der Waals surface area contributed by atoms with Gasteiger partial charge in [0.05, 0.1) is 30.4 Å². The number of alkyl halides is 3. The lowest BCUT2D eigenvalue weighted by Gasteiger charge is -2.38. The minimum atomic E-state index is -4.40. The lowest BCUT2D eigenvalue weighted by Crippen LogP contribution is -2.47. The fraction of sp³-hybridized carbons (Fsp3) is 0.500. The van der Waals surface area contributed by atoms with Crippen LogP contribution in [0.3, 0.4) is 0 Å². The van der Waals surface area contributed by atoms with Gasteiger partial charge in [0.1, 0.15) is 0 Å². The van der Waals surface area contributed by atoms with Gasteiger partial charge in [0.2, 0.25) is 5.91 Å². The van der Waals surface area contributed by atoms with Crippen LogP contribution in [0.4, 0.5) is 13.2 Å². The molecular weight excluding hydrogens is 345 g/mol. The van der Waals surface area contributed by atoms with Crippen LogP contribution in [-0.2, 0) is 17.4 Å². The molecule has 0 N–H and O–H groups in total. The van der Waals surface area contributed by atoms with Crippen LogP contribution in [0.2, 0.25) is 0 Å². The second kappa shape index (κ2) is 6.41. The molecule has 1 aromatic heterocycles. The molecule has 0 saturated carbocycles. The van der Waals surface area contributed by atoms with Crippen LogP contribution in [0.1, 0.15) is 42.9 Å². The summed E-state index contributed by atoms with van der Waals surface area (Å²) in [5.74, 6) is -0.0938. The molecule has 0 radical (unpaired) electrons. The number of carbonyl (C=O) groups is 1. The van der Waals surface area contributed by atoms with Gasteiger partial charge in [-0.25, -0.2) is 0 Å². The summed E-state index contributed by atoms with van der Waals surface area (Å²) >= 11 is 0. The Morgan fingerprint density at radius 3 is 2.35 bits per heavy atom. The summed E-state index contributed by atoms with van der Waals surface area (Å²) in [5, 5.41) is 8.40. The van der Waals surface area contributed by atoms with Gasteiger partial charge in [-0.1, -0.05) is 18.2 Å². The lowest BCUT2D eigenvalue weighted by atomic mass is 9.96. The van der Waals surface area contributed by atoms with E-state index in [1.807, 2.05) is 4.90 Å². The van der Waals surface area contributed by atoms with E-state index in [9.17, 15) is 18.0 Å². The van der Waals surface area contributed by atoms with Crippen molar-refractivity contribution in [3.8, 4) is 0 Å². The van der Waals surface area contributed by atoms with Gasteiger partial charge in [-0.05, 0) is 37.3 Å². The van der Waals surface area contributed by atoms with E-state index in [4.69, 9.17) is 0 Å². The first kappa shape index (κ1) is 17.1. The molecule has 0 aliphatic carbocycles. The van der Waals surface area contributed by atoms with Crippen LogP contribution in [0.5, 0.6) is 0 Å². The van der Waals surface area contributed by atoms with Crippen LogP contribution in [0, 0.1) is 0 Å². The van der Waals surface area contributed by atoms with Gasteiger partial charge < -0.3 is 4.90 Å². The minimum absolute atomic E-state index is 0.00159. The number of piperidine rings is 1. The number of amides is 1. The van der Waals surface area contributed by atoms with Gasteiger partial charge in [-0.15, -0.1) is 0 Å². The fourth-order valence-electron chi connectivity index (χ4n) is 4.28. The van der Waals surface area contributed by atoms with Crippen LogP contribution >= 0.6 is 0 Å². The summed E-state index contributed by atoms with van der Waals surface area (Å²) in [6.07, 6.45) is 2.33. The highest BCUT2D eigenvalue weighted by atomic mass is 19.4. The van der Waals surface area contributed by atoms with E-state index in [1.165, 1.54) is 6.07 Å². The molecule has 2 atom stereocenters. The van der Waals surface area contributed by atoms with Crippen molar-refractivity contribution in [3.63, 3.8) is 0 Å². The average Bonchev–Trinajstić information content (AvgIpc) is 3.21. The molecule has 2 fully saturated rings. The van der Waals surface area contributed by atoms with Gasteiger partial charge in [0.25, 0.3) is 0 Å². The third kappa shape index (κ3) is 3.20. The Kier molecular flexibility index (Phi) is 4.20. The number of nitrogens with zero attached hydrogens (tertiary/aromatic N) is 4. The predicted octanol–water partition coefficient (Wildman–Crippen LogP) is 3.23. The molecule has 2 aliphatic rings. The zero-order valence-electron chi connectivity index (χ0n) is 14.1. The molecule has 2 aliphatic heterocycles. The number of carbonyl (C=O) groups excluding carboxylic acids is 1. The number of rotatable bonds is 3. The summed E-state index contributed by atoms with van der Waals surface area (Å²) in [6, 6.07) is 5.44. The van der Waals surface area contributed by atoms with Gasteiger partial charge in [0, 0.05) is 12.1 Å².